The summed E-state index contributed by atoms with van der Waals surface area (Å²) >= 11 is 0. The zero-order valence-electron chi connectivity index (χ0n) is 12.5. The summed E-state index contributed by atoms with van der Waals surface area (Å²) < 4.78 is 45.4. The summed E-state index contributed by atoms with van der Waals surface area (Å²) in [6.07, 6.45) is -0.122. The van der Waals surface area contributed by atoms with Crippen LogP contribution >= 0.6 is 0 Å². The van der Waals surface area contributed by atoms with E-state index in [1.807, 2.05) is 0 Å². The Kier molecular flexibility index (Phi) is 5.39. The van der Waals surface area contributed by atoms with Gasteiger partial charge in [0.05, 0.1) is 13.0 Å². The lowest BCUT2D eigenvalue weighted by molar-refractivity contribution is -0.143. The fraction of sp³-hybridized carbons (Fsp3) is 0.235. The number of esters is 1. The van der Waals surface area contributed by atoms with E-state index in [-0.39, 0.29) is 24.2 Å². The van der Waals surface area contributed by atoms with E-state index in [4.69, 9.17) is 10.5 Å². The minimum atomic E-state index is -0.805. The smallest absolute Gasteiger partial charge is 0.307 e. The van der Waals surface area contributed by atoms with Crippen molar-refractivity contribution >= 4 is 5.97 Å². The molecule has 0 unspecified atom stereocenters. The van der Waals surface area contributed by atoms with Gasteiger partial charge in [0.1, 0.15) is 17.5 Å². The zero-order valence-corrected chi connectivity index (χ0v) is 12.5. The highest BCUT2D eigenvalue weighted by Crippen LogP contribution is 2.28. The summed E-state index contributed by atoms with van der Waals surface area (Å²) in [4.78, 5) is 11.5. The number of carbonyl (C=O) groups excluding carboxylic acids is 1. The van der Waals surface area contributed by atoms with E-state index in [9.17, 15) is 18.0 Å². The lowest BCUT2D eigenvalue weighted by atomic mass is 9.97. The van der Waals surface area contributed by atoms with Gasteiger partial charge in [-0.2, -0.15) is 0 Å². The monoisotopic (exact) mass is 323 g/mol. The molecule has 0 bridgehead atoms. The van der Waals surface area contributed by atoms with E-state index in [1.165, 1.54) is 18.2 Å². The van der Waals surface area contributed by atoms with Gasteiger partial charge in [0, 0.05) is 17.7 Å². The van der Waals surface area contributed by atoms with E-state index in [0.29, 0.717) is 5.56 Å². The molecule has 0 amide bonds. The van der Waals surface area contributed by atoms with Crippen LogP contribution in [0.3, 0.4) is 0 Å². The number of halogens is 3. The first-order valence-electron chi connectivity index (χ1n) is 7.07. The Morgan fingerprint density at radius 1 is 1.13 bits per heavy atom. The molecule has 6 heteroatoms. The second-order valence-electron chi connectivity index (χ2n) is 5.01. The Morgan fingerprint density at radius 2 is 1.87 bits per heavy atom. The van der Waals surface area contributed by atoms with Crippen LogP contribution in [0.15, 0.2) is 36.4 Å². The summed E-state index contributed by atoms with van der Waals surface area (Å²) in [5.74, 6) is -2.65. The van der Waals surface area contributed by atoms with Gasteiger partial charge in [0.2, 0.25) is 0 Å². The van der Waals surface area contributed by atoms with Crippen molar-refractivity contribution in [1.82, 2.24) is 0 Å². The van der Waals surface area contributed by atoms with Crippen molar-refractivity contribution in [1.29, 1.82) is 0 Å². The van der Waals surface area contributed by atoms with Crippen molar-refractivity contribution in [2.75, 3.05) is 6.61 Å². The molecule has 0 heterocycles. The first-order valence-corrected chi connectivity index (χ1v) is 7.07. The summed E-state index contributed by atoms with van der Waals surface area (Å²) in [6, 6.07) is 6.02. The van der Waals surface area contributed by atoms with Crippen LogP contribution in [0.2, 0.25) is 0 Å². The molecule has 0 saturated heterocycles. The topological polar surface area (TPSA) is 52.3 Å². The third kappa shape index (κ3) is 4.32. The molecule has 2 rings (SSSR count). The molecule has 1 atom stereocenters. The van der Waals surface area contributed by atoms with Crippen LogP contribution in [0.1, 0.15) is 24.9 Å². The molecule has 0 aliphatic heterocycles. The molecule has 2 aromatic carbocycles. The molecule has 2 N–H and O–H groups in total. The standard InChI is InChI=1S/C17H16F3NO2/c1-2-23-17(22)9-16(21)11-5-10(6-13(19)7-11)14-4-3-12(18)8-15(14)20/h3-8,16H,2,9,21H2,1H3/t16-/m0/s1. The van der Waals surface area contributed by atoms with Gasteiger partial charge in [-0.25, -0.2) is 13.2 Å². The fourth-order valence-electron chi connectivity index (χ4n) is 2.22. The lowest BCUT2D eigenvalue weighted by Gasteiger charge is -2.13. The maximum Gasteiger partial charge on any atom is 0.307 e. The zero-order chi connectivity index (χ0) is 17.0. The summed E-state index contributed by atoms with van der Waals surface area (Å²) in [6.45, 7) is 1.89. The number of benzene rings is 2. The predicted molar refractivity (Wildman–Crippen MR) is 79.9 cm³/mol. The molecule has 23 heavy (non-hydrogen) atoms. The number of rotatable bonds is 5. The highest BCUT2D eigenvalue weighted by molar-refractivity contribution is 5.71. The molecule has 0 fully saturated rings. The molecule has 3 nitrogen and oxygen atoms in total. The Labute approximate surface area is 131 Å². The Hall–Kier alpha value is -2.34. The highest BCUT2D eigenvalue weighted by Gasteiger charge is 2.16. The lowest BCUT2D eigenvalue weighted by Crippen LogP contribution is -2.17. The van der Waals surface area contributed by atoms with Gasteiger partial charge in [-0.05, 0) is 48.4 Å². The van der Waals surface area contributed by atoms with Gasteiger partial charge < -0.3 is 10.5 Å². The third-order valence-electron chi connectivity index (χ3n) is 3.28. The van der Waals surface area contributed by atoms with Gasteiger partial charge in [-0.15, -0.1) is 0 Å². The minimum absolute atomic E-state index is 0.0514. The molecule has 2 aromatic rings. The van der Waals surface area contributed by atoms with Crippen molar-refractivity contribution in [3.63, 3.8) is 0 Å². The average molecular weight is 323 g/mol. The molecule has 0 spiro atoms. The van der Waals surface area contributed by atoms with Gasteiger partial charge >= 0.3 is 5.97 Å². The van der Waals surface area contributed by atoms with Gasteiger partial charge in [-0.1, -0.05) is 0 Å². The second-order valence-corrected chi connectivity index (χ2v) is 5.01. The molecule has 0 aliphatic rings. The maximum atomic E-state index is 13.8. The van der Waals surface area contributed by atoms with Crippen LogP contribution in [0.25, 0.3) is 11.1 Å². The molecule has 0 saturated carbocycles. The summed E-state index contributed by atoms with van der Waals surface area (Å²) in [7, 11) is 0. The van der Waals surface area contributed by atoms with E-state index in [2.05, 4.69) is 0 Å². The van der Waals surface area contributed by atoms with Crippen molar-refractivity contribution in [3.05, 3.63) is 59.4 Å². The predicted octanol–water partition coefficient (Wildman–Crippen LogP) is 3.72. The van der Waals surface area contributed by atoms with Crippen molar-refractivity contribution in [2.24, 2.45) is 5.73 Å². The molecular formula is C17H16F3NO2. The van der Waals surface area contributed by atoms with Crippen LogP contribution in [0.5, 0.6) is 0 Å². The molecule has 122 valence electrons. The molecule has 0 radical (unpaired) electrons. The Morgan fingerprint density at radius 3 is 2.52 bits per heavy atom. The average Bonchev–Trinajstić information content (AvgIpc) is 2.46. The van der Waals surface area contributed by atoms with Crippen LogP contribution in [-0.4, -0.2) is 12.6 Å². The number of ether oxygens (including phenoxy) is 1. The maximum absolute atomic E-state index is 13.8. The first-order chi connectivity index (χ1) is 10.9. The fourth-order valence-corrected chi connectivity index (χ4v) is 2.22. The molecule has 0 aromatic heterocycles. The summed E-state index contributed by atoms with van der Waals surface area (Å²) in [5.41, 5.74) is 6.48. The third-order valence-corrected chi connectivity index (χ3v) is 3.28. The van der Waals surface area contributed by atoms with Crippen LogP contribution < -0.4 is 5.73 Å². The Balaban J connectivity index is 2.33. The van der Waals surface area contributed by atoms with Crippen LogP contribution in [0.4, 0.5) is 13.2 Å². The van der Waals surface area contributed by atoms with E-state index in [1.54, 1.807) is 6.92 Å². The van der Waals surface area contributed by atoms with Crippen molar-refractivity contribution < 1.29 is 22.7 Å². The normalized spacial score (nSPS) is 12.0. The van der Waals surface area contributed by atoms with Gasteiger partial charge in [-0.3, -0.25) is 4.79 Å². The van der Waals surface area contributed by atoms with Gasteiger partial charge in [0.25, 0.3) is 0 Å². The van der Waals surface area contributed by atoms with E-state index >= 15 is 0 Å². The van der Waals surface area contributed by atoms with E-state index in [0.717, 1.165) is 18.2 Å². The van der Waals surface area contributed by atoms with Crippen molar-refractivity contribution in [3.8, 4) is 11.1 Å². The molecule has 0 aliphatic carbocycles. The number of carbonyl (C=O) groups is 1. The molecular weight excluding hydrogens is 307 g/mol. The second kappa shape index (κ2) is 7.28. The number of hydrogen-bond acceptors (Lipinski definition) is 3. The number of hydrogen-bond donors (Lipinski definition) is 1. The largest absolute Gasteiger partial charge is 0.466 e. The SMILES string of the molecule is CCOC(=O)C[C@H](N)c1cc(F)cc(-c2ccc(F)cc2F)c1. The van der Waals surface area contributed by atoms with Crippen LogP contribution in [0, 0.1) is 17.5 Å². The highest BCUT2D eigenvalue weighted by atomic mass is 19.1. The quantitative estimate of drug-likeness (QED) is 0.853. The summed E-state index contributed by atoms with van der Waals surface area (Å²) in [5, 5.41) is 0. The van der Waals surface area contributed by atoms with E-state index < -0.39 is 29.5 Å². The minimum Gasteiger partial charge on any atom is -0.466 e. The number of nitrogens with two attached hydrogens (primary N) is 1. The first kappa shape index (κ1) is 17.0. The Bertz CT molecular complexity index is 719. The van der Waals surface area contributed by atoms with Gasteiger partial charge in [0.15, 0.2) is 0 Å². The van der Waals surface area contributed by atoms with Crippen molar-refractivity contribution in [2.45, 2.75) is 19.4 Å². The van der Waals surface area contributed by atoms with Crippen LogP contribution in [-0.2, 0) is 9.53 Å².